The second-order valence-electron chi connectivity index (χ2n) is 5.25. The molecule has 7 nitrogen and oxygen atoms in total. The molecule has 1 atom stereocenters. The number of hydrogen-bond acceptors (Lipinski definition) is 5. The van der Waals surface area contributed by atoms with Crippen LogP contribution in [0.4, 0.5) is 0 Å². The van der Waals surface area contributed by atoms with Gasteiger partial charge in [0.05, 0.1) is 12.7 Å². The van der Waals surface area contributed by atoms with Gasteiger partial charge in [-0.1, -0.05) is 26.0 Å². The van der Waals surface area contributed by atoms with Crippen molar-refractivity contribution in [3.05, 3.63) is 16.6 Å². The Morgan fingerprint density at radius 2 is 2.11 bits per heavy atom. The first-order valence-electron chi connectivity index (χ1n) is 6.48. The van der Waals surface area contributed by atoms with Gasteiger partial charge in [-0.2, -0.15) is 5.10 Å². The number of nitrogens with one attached hydrogen (secondary N) is 1. The van der Waals surface area contributed by atoms with Crippen LogP contribution in [0.25, 0.3) is 11.0 Å². The molecule has 0 bridgehead atoms. The largest absolute Gasteiger partial charge is 0.314 e. The van der Waals surface area contributed by atoms with Gasteiger partial charge in [0.15, 0.2) is 5.65 Å². The van der Waals surface area contributed by atoms with E-state index in [2.05, 4.69) is 41.5 Å². The summed E-state index contributed by atoms with van der Waals surface area (Å²) in [6.45, 7) is 7.67. The lowest BCUT2D eigenvalue weighted by Gasteiger charge is -2.14. The van der Waals surface area contributed by atoms with E-state index in [9.17, 15) is 4.79 Å². The average Bonchev–Trinajstić information content (AvgIpc) is 2.73. The molecule has 1 N–H and O–H groups in total. The van der Waals surface area contributed by atoms with E-state index >= 15 is 0 Å². The Morgan fingerprint density at radius 3 is 2.79 bits per heavy atom. The third-order valence-electron chi connectivity index (χ3n) is 2.98. The van der Waals surface area contributed by atoms with Crippen molar-refractivity contribution in [3.63, 3.8) is 0 Å². The first-order chi connectivity index (χ1) is 8.99. The number of nitrogens with zero attached hydrogens (tertiary/aromatic N) is 5. The zero-order valence-corrected chi connectivity index (χ0v) is 11.8. The fourth-order valence-corrected chi connectivity index (χ4v) is 1.89. The lowest BCUT2D eigenvalue weighted by Crippen LogP contribution is -2.33. The van der Waals surface area contributed by atoms with Crippen LogP contribution in [-0.4, -0.2) is 37.4 Å². The SMILES string of the molecule is CC(CNC(C)C)Cn1nnc2c(cnn2C)c1=O. The summed E-state index contributed by atoms with van der Waals surface area (Å²) < 4.78 is 2.97. The van der Waals surface area contributed by atoms with Gasteiger partial charge in [0.25, 0.3) is 5.56 Å². The maximum Gasteiger partial charge on any atom is 0.280 e. The molecule has 0 saturated heterocycles. The molecule has 104 valence electrons. The molecule has 19 heavy (non-hydrogen) atoms. The van der Waals surface area contributed by atoms with E-state index in [4.69, 9.17) is 0 Å². The molecular formula is C12H20N6O. The predicted molar refractivity (Wildman–Crippen MR) is 72.9 cm³/mol. The molecule has 0 radical (unpaired) electrons. The van der Waals surface area contributed by atoms with E-state index in [0.29, 0.717) is 29.5 Å². The lowest BCUT2D eigenvalue weighted by molar-refractivity contribution is 0.389. The smallest absolute Gasteiger partial charge is 0.280 e. The Balaban J connectivity index is 2.17. The molecule has 0 aliphatic heterocycles. The summed E-state index contributed by atoms with van der Waals surface area (Å²) in [6.07, 6.45) is 1.54. The highest BCUT2D eigenvalue weighted by molar-refractivity contribution is 5.72. The van der Waals surface area contributed by atoms with Crippen molar-refractivity contribution >= 4 is 11.0 Å². The van der Waals surface area contributed by atoms with Crippen LogP contribution in [0.15, 0.2) is 11.0 Å². The van der Waals surface area contributed by atoms with Crippen molar-refractivity contribution in [1.29, 1.82) is 0 Å². The van der Waals surface area contributed by atoms with E-state index in [0.717, 1.165) is 6.54 Å². The van der Waals surface area contributed by atoms with Gasteiger partial charge >= 0.3 is 0 Å². The molecule has 7 heteroatoms. The molecular weight excluding hydrogens is 244 g/mol. The molecule has 2 rings (SSSR count). The fraction of sp³-hybridized carbons (Fsp3) is 0.667. The maximum atomic E-state index is 12.2. The number of rotatable bonds is 5. The van der Waals surface area contributed by atoms with Crippen molar-refractivity contribution in [2.45, 2.75) is 33.4 Å². The van der Waals surface area contributed by atoms with Crippen LogP contribution in [0.2, 0.25) is 0 Å². The van der Waals surface area contributed by atoms with Crippen molar-refractivity contribution in [2.24, 2.45) is 13.0 Å². The van der Waals surface area contributed by atoms with Gasteiger partial charge in [-0.05, 0) is 12.5 Å². The first-order valence-corrected chi connectivity index (χ1v) is 6.48. The third-order valence-corrected chi connectivity index (χ3v) is 2.98. The minimum Gasteiger partial charge on any atom is -0.314 e. The fourth-order valence-electron chi connectivity index (χ4n) is 1.89. The third kappa shape index (κ3) is 2.98. The van der Waals surface area contributed by atoms with Gasteiger partial charge in [-0.3, -0.25) is 4.79 Å². The Labute approximate surface area is 111 Å². The van der Waals surface area contributed by atoms with Crippen molar-refractivity contribution < 1.29 is 0 Å². The standard InChI is InChI=1S/C12H20N6O/c1-8(2)13-5-9(3)7-18-12(19)10-6-14-17(4)11(10)15-16-18/h6,8-9,13H,5,7H2,1-4H3. The van der Waals surface area contributed by atoms with Gasteiger partial charge in [-0.15, -0.1) is 5.10 Å². The van der Waals surface area contributed by atoms with Gasteiger partial charge in [-0.25, -0.2) is 9.36 Å². The Hall–Kier alpha value is -1.76. The Bertz CT molecular complexity index is 614. The molecule has 0 saturated carbocycles. The molecule has 0 fully saturated rings. The minimum atomic E-state index is -0.130. The summed E-state index contributed by atoms with van der Waals surface area (Å²) in [5.74, 6) is 0.309. The van der Waals surface area contributed by atoms with Gasteiger partial charge in [0, 0.05) is 13.1 Å². The summed E-state index contributed by atoms with van der Waals surface area (Å²) >= 11 is 0. The second kappa shape index (κ2) is 5.48. The molecule has 2 aromatic rings. The van der Waals surface area contributed by atoms with E-state index in [1.54, 1.807) is 17.9 Å². The first kappa shape index (κ1) is 13.7. The summed E-state index contributed by atoms with van der Waals surface area (Å²) in [6, 6.07) is 0.436. The quantitative estimate of drug-likeness (QED) is 0.832. The lowest BCUT2D eigenvalue weighted by atomic mass is 10.1. The normalized spacial score (nSPS) is 13.3. The van der Waals surface area contributed by atoms with E-state index in [1.807, 2.05) is 0 Å². The van der Waals surface area contributed by atoms with Crippen molar-refractivity contribution in [3.8, 4) is 0 Å². The Morgan fingerprint density at radius 1 is 1.37 bits per heavy atom. The van der Waals surface area contributed by atoms with Crippen LogP contribution in [0.1, 0.15) is 20.8 Å². The number of aromatic nitrogens is 5. The zero-order chi connectivity index (χ0) is 14.0. The van der Waals surface area contributed by atoms with E-state index in [1.165, 1.54) is 4.68 Å². The minimum absolute atomic E-state index is 0.130. The highest BCUT2D eigenvalue weighted by atomic mass is 16.1. The highest BCUT2D eigenvalue weighted by Crippen LogP contribution is 2.03. The molecule has 2 aromatic heterocycles. The molecule has 1 unspecified atom stereocenters. The summed E-state index contributed by atoms with van der Waals surface area (Å²) in [5.41, 5.74) is 0.392. The van der Waals surface area contributed by atoms with Gasteiger partial charge in [0.1, 0.15) is 5.39 Å². The van der Waals surface area contributed by atoms with Crippen LogP contribution in [0.5, 0.6) is 0 Å². The van der Waals surface area contributed by atoms with Crippen molar-refractivity contribution in [1.82, 2.24) is 30.1 Å². The van der Waals surface area contributed by atoms with E-state index < -0.39 is 0 Å². The van der Waals surface area contributed by atoms with Crippen LogP contribution < -0.4 is 10.9 Å². The molecule has 0 spiro atoms. The topological polar surface area (TPSA) is 77.6 Å². The summed E-state index contributed by atoms with van der Waals surface area (Å²) in [5, 5.41) is 15.9. The zero-order valence-electron chi connectivity index (χ0n) is 11.8. The molecule has 0 amide bonds. The highest BCUT2D eigenvalue weighted by Gasteiger charge is 2.12. The summed E-state index contributed by atoms with van der Waals surface area (Å²) in [4.78, 5) is 12.2. The van der Waals surface area contributed by atoms with Crippen LogP contribution >= 0.6 is 0 Å². The number of fused-ring (bicyclic) bond motifs is 1. The van der Waals surface area contributed by atoms with Crippen LogP contribution in [0.3, 0.4) is 0 Å². The maximum absolute atomic E-state index is 12.2. The van der Waals surface area contributed by atoms with Crippen LogP contribution in [-0.2, 0) is 13.6 Å². The van der Waals surface area contributed by atoms with Gasteiger partial charge in [0.2, 0.25) is 0 Å². The molecule has 0 aliphatic carbocycles. The second-order valence-corrected chi connectivity index (χ2v) is 5.25. The molecule has 0 aliphatic rings. The van der Waals surface area contributed by atoms with Crippen LogP contribution in [0, 0.1) is 5.92 Å². The molecule has 0 aromatic carbocycles. The summed E-state index contributed by atoms with van der Waals surface area (Å²) in [7, 11) is 1.75. The average molecular weight is 264 g/mol. The van der Waals surface area contributed by atoms with Crippen molar-refractivity contribution in [2.75, 3.05) is 6.54 Å². The van der Waals surface area contributed by atoms with Gasteiger partial charge < -0.3 is 5.32 Å². The predicted octanol–water partition coefficient (Wildman–Crippen LogP) is 0.159. The number of hydrogen-bond donors (Lipinski definition) is 1. The number of aryl methyl sites for hydroxylation is 1. The molecule has 2 heterocycles. The van der Waals surface area contributed by atoms with E-state index in [-0.39, 0.29) is 5.56 Å². The monoisotopic (exact) mass is 264 g/mol. The Kier molecular flexibility index (Phi) is 3.94.